The number of benzene rings is 1. The SMILES string of the molecule is COc1nc(-c2ccnc(-c3cccc(Nc4nccc(CCNCCO)c4F)c3Cl)c2Cl)ccc1CCNC[C@H]1CCC(=O)N1. The minimum atomic E-state index is -0.477. The number of methoxy groups -OCH3 is 1. The Morgan fingerprint density at radius 3 is 2.57 bits per heavy atom. The van der Waals surface area contributed by atoms with Gasteiger partial charge in [0.1, 0.15) is 0 Å². The van der Waals surface area contributed by atoms with Crippen LogP contribution in [-0.4, -0.2) is 71.9 Å². The average Bonchev–Trinajstić information content (AvgIpc) is 3.49. The van der Waals surface area contributed by atoms with Crippen molar-refractivity contribution < 1.29 is 19.0 Å². The maximum atomic E-state index is 15.3. The fraction of sp³-hybridized carbons (Fsp3) is 0.333. The van der Waals surface area contributed by atoms with E-state index in [-0.39, 0.29) is 24.4 Å². The van der Waals surface area contributed by atoms with Crippen LogP contribution >= 0.6 is 23.2 Å². The number of halogens is 3. The van der Waals surface area contributed by atoms with E-state index in [1.807, 2.05) is 12.1 Å². The number of aliphatic hydroxyl groups excluding tert-OH is 1. The van der Waals surface area contributed by atoms with Crippen molar-refractivity contribution in [2.75, 3.05) is 45.2 Å². The molecule has 0 bridgehead atoms. The lowest BCUT2D eigenvalue weighted by Gasteiger charge is -2.15. The standard InChI is InChI=1S/C33H36Cl2FN7O3/c1-46-33-21(10-14-38-19-22-6-8-27(45)41-22)5-7-25(43-33)23-12-16-39-31(29(23)35)24-3-2-4-26(28(24)34)42-32-30(36)20(11-15-40-32)9-13-37-17-18-44/h2-5,7,11-12,15-16,22,37-38,44H,6,8-10,13-14,17-19H2,1H3,(H,40,42)(H,41,45)/t22-/m1/s1. The number of hydrogen-bond acceptors (Lipinski definition) is 9. The van der Waals surface area contributed by atoms with Gasteiger partial charge >= 0.3 is 0 Å². The number of aromatic nitrogens is 3. The van der Waals surface area contributed by atoms with Crippen LogP contribution in [0.5, 0.6) is 5.88 Å². The van der Waals surface area contributed by atoms with Crippen LogP contribution in [0.2, 0.25) is 10.0 Å². The average molecular weight is 669 g/mol. The second kappa shape index (κ2) is 16.1. The molecule has 242 valence electrons. The molecule has 0 unspecified atom stereocenters. The number of nitrogens with one attached hydrogen (secondary N) is 4. The summed E-state index contributed by atoms with van der Waals surface area (Å²) < 4.78 is 20.9. The second-order valence-corrected chi connectivity index (χ2v) is 11.5. The van der Waals surface area contributed by atoms with E-state index in [2.05, 4.69) is 31.2 Å². The summed E-state index contributed by atoms with van der Waals surface area (Å²) in [6.07, 6.45) is 5.73. The number of pyridine rings is 3. The predicted molar refractivity (Wildman–Crippen MR) is 178 cm³/mol. The molecule has 0 aliphatic carbocycles. The zero-order chi connectivity index (χ0) is 32.5. The maximum Gasteiger partial charge on any atom is 0.220 e. The molecular formula is C33H36Cl2FN7O3. The van der Waals surface area contributed by atoms with Crippen molar-refractivity contribution in [3.8, 4) is 28.4 Å². The fourth-order valence-corrected chi connectivity index (χ4v) is 5.85. The van der Waals surface area contributed by atoms with E-state index in [1.54, 1.807) is 43.6 Å². The fourth-order valence-electron chi connectivity index (χ4n) is 5.28. The highest BCUT2D eigenvalue weighted by Gasteiger charge is 2.21. The van der Waals surface area contributed by atoms with Crippen molar-refractivity contribution in [3.05, 3.63) is 81.8 Å². The first kappa shape index (κ1) is 33.5. The van der Waals surface area contributed by atoms with Crippen LogP contribution in [0.4, 0.5) is 15.9 Å². The van der Waals surface area contributed by atoms with E-state index in [0.29, 0.717) is 88.6 Å². The minimum Gasteiger partial charge on any atom is -0.481 e. The second-order valence-electron chi connectivity index (χ2n) is 10.8. The van der Waals surface area contributed by atoms with Gasteiger partial charge in [-0.3, -0.25) is 9.78 Å². The summed E-state index contributed by atoms with van der Waals surface area (Å²) in [6.45, 7) is 2.39. The molecular weight excluding hydrogens is 632 g/mol. The molecule has 4 heterocycles. The van der Waals surface area contributed by atoms with Crippen LogP contribution in [0.3, 0.4) is 0 Å². The summed E-state index contributed by atoms with van der Waals surface area (Å²) >= 11 is 13.8. The minimum absolute atomic E-state index is 0.0159. The summed E-state index contributed by atoms with van der Waals surface area (Å²) in [5.74, 6) is 0.165. The van der Waals surface area contributed by atoms with Crippen LogP contribution in [0.15, 0.2) is 54.9 Å². The Morgan fingerprint density at radius 1 is 0.978 bits per heavy atom. The van der Waals surface area contributed by atoms with E-state index in [0.717, 1.165) is 18.5 Å². The quantitative estimate of drug-likeness (QED) is 0.112. The predicted octanol–water partition coefficient (Wildman–Crippen LogP) is 4.94. The van der Waals surface area contributed by atoms with Gasteiger partial charge in [-0.1, -0.05) is 41.4 Å². The molecule has 13 heteroatoms. The zero-order valence-corrected chi connectivity index (χ0v) is 26.9. The molecule has 5 N–H and O–H groups in total. The molecule has 1 saturated heterocycles. The maximum absolute atomic E-state index is 15.3. The summed E-state index contributed by atoms with van der Waals surface area (Å²) in [6, 6.07) is 12.7. The highest BCUT2D eigenvalue weighted by Crippen LogP contribution is 2.41. The molecule has 0 radical (unpaired) electrons. The van der Waals surface area contributed by atoms with E-state index in [9.17, 15) is 4.79 Å². The molecule has 1 aliphatic heterocycles. The lowest BCUT2D eigenvalue weighted by molar-refractivity contribution is -0.119. The molecule has 3 aromatic heterocycles. The largest absolute Gasteiger partial charge is 0.481 e. The lowest BCUT2D eigenvalue weighted by Crippen LogP contribution is -2.36. The highest BCUT2D eigenvalue weighted by atomic mass is 35.5. The van der Waals surface area contributed by atoms with Crippen LogP contribution in [0, 0.1) is 5.82 Å². The number of carbonyl (C=O) groups excluding carboxylic acids is 1. The summed E-state index contributed by atoms with van der Waals surface area (Å²) in [4.78, 5) is 24.9. The monoisotopic (exact) mass is 667 g/mol. The summed E-state index contributed by atoms with van der Waals surface area (Å²) in [5, 5.41) is 22.0. The van der Waals surface area contributed by atoms with Gasteiger partial charge in [0.25, 0.3) is 0 Å². The molecule has 1 fully saturated rings. The zero-order valence-electron chi connectivity index (χ0n) is 25.4. The normalized spacial score (nSPS) is 14.4. The number of hydrogen-bond donors (Lipinski definition) is 5. The Labute approximate surface area is 277 Å². The molecule has 1 atom stereocenters. The molecule has 0 spiro atoms. The van der Waals surface area contributed by atoms with Crippen LogP contribution in [0.25, 0.3) is 22.5 Å². The van der Waals surface area contributed by atoms with Crippen LogP contribution in [-0.2, 0) is 17.6 Å². The van der Waals surface area contributed by atoms with Crippen molar-refractivity contribution in [2.45, 2.75) is 31.7 Å². The Morgan fingerprint density at radius 2 is 1.78 bits per heavy atom. The number of aliphatic hydroxyl groups is 1. The van der Waals surface area contributed by atoms with Crippen molar-refractivity contribution in [2.24, 2.45) is 0 Å². The van der Waals surface area contributed by atoms with Crippen LogP contribution < -0.4 is 26.0 Å². The first-order valence-electron chi connectivity index (χ1n) is 15.1. The smallest absolute Gasteiger partial charge is 0.220 e. The molecule has 0 saturated carbocycles. The van der Waals surface area contributed by atoms with Crippen molar-refractivity contribution >= 4 is 40.6 Å². The number of carbonyl (C=O) groups is 1. The summed E-state index contributed by atoms with van der Waals surface area (Å²) in [5.41, 5.74) is 4.12. The van der Waals surface area contributed by atoms with Crippen molar-refractivity contribution in [3.63, 3.8) is 0 Å². The van der Waals surface area contributed by atoms with Gasteiger partial charge in [-0.15, -0.1) is 0 Å². The van der Waals surface area contributed by atoms with Gasteiger partial charge in [0.05, 0.1) is 40.8 Å². The van der Waals surface area contributed by atoms with E-state index in [1.165, 1.54) is 6.20 Å². The van der Waals surface area contributed by atoms with Gasteiger partial charge in [-0.2, -0.15) is 0 Å². The lowest BCUT2D eigenvalue weighted by atomic mass is 10.0. The Kier molecular flexibility index (Phi) is 11.7. The third-order valence-electron chi connectivity index (χ3n) is 7.68. The Hall–Kier alpha value is -3.87. The molecule has 4 aromatic rings. The van der Waals surface area contributed by atoms with E-state index in [4.69, 9.17) is 38.0 Å². The summed E-state index contributed by atoms with van der Waals surface area (Å²) in [7, 11) is 1.58. The van der Waals surface area contributed by atoms with Gasteiger partial charge in [0.15, 0.2) is 11.6 Å². The third kappa shape index (κ3) is 8.09. The molecule has 1 aromatic carbocycles. The number of rotatable bonds is 15. The van der Waals surface area contributed by atoms with E-state index >= 15 is 4.39 Å². The Balaban J connectivity index is 1.32. The van der Waals surface area contributed by atoms with Crippen LogP contribution in [0.1, 0.15) is 24.0 Å². The highest BCUT2D eigenvalue weighted by molar-refractivity contribution is 6.39. The van der Waals surface area contributed by atoms with E-state index < -0.39 is 5.82 Å². The van der Waals surface area contributed by atoms with Gasteiger partial charge in [0, 0.05) is 54.6 Å². The first-order valence-corrected chi connectivity index (χ1v) is 15.8. The molecule has 46 heavy (non-hydrogen) atoms. The van der Waals surface area contributed by atoms with Crippen molar-refractivity contribution in [1.29, 1.82) is 0 Å². The first-order chi connectivity index (χ1) is 22.4. The van der Waals surface area contributed by atoms with Crippen molar-refractivity contribution in [1.82, 2.24) is 30.9 Å². The molecule has 10 nitrogen and oxygen atoms in total. The number of nitrogens with zero attached hydrogens (tertiary/aromatic N) is 3. The third-order valence-corrected chi connectivity index (χ3v) is 8.47. The van der Waals surface area contributed by atoms with Gasteiger partial charge in [-0.25, -0.2) is 14.4 Å². The molecule has 1 amide bonds. The Bertz CT molecular complexity index is 1680. The number of ether oxygens (including phenoxy) is 1. The number of amides is 1. The molecule has 5 rings (SSSR count). The topological polar surface area (TPSA) is 133 Å². The number of anilines is 2. The van der Waals surface area contributed by atoms with Gasteiger partial charge < -0.3 is 31.1 Å². The van der Waals surface area contributed by atoms with Gasteiger partial charge in [-0.05, 0) is 62.2 Å². The van der Waals surface area contributed by atoms with Gasteiger partial charge in [0.2, 0.25) is 11.8 Å². The molecule has 1 aliphatic rings.